The molecule has 14 unspecified atom stereocenters. The number of carbonyl (C=O) groups excluding carboxylic acids is 4. The summed E-state index contributed by atoms with van der Waals surface area (Å²) in [7, 11) is 3.06. The molecule has 3 fully saturated rings. The minimum atomic E-state index is -2.52. The number of cyclic esters (lactones) is 1. The Bertz CT molecular complexity index is 1910. The van der Waals surface area contributed by atoms with Crippen LogP contribution < -0.4 is 5.73 Å². The van der Waals surface area contributed by atoms with Gasteiger partial charge in [0.1, 0.15) is 29.8 Å². The van der Waals surface area contributed by atoms with Gasteiger partial charge in [-0.1, -0.05) is 68.9 Å². The quantitative estimate of drug-likeness (QED) is 0.114. The van der Waals surface area contributed by atoms with E-state index >= 15 is 0 Å². The predicted molar refractivity (Wildman–Crippen MR) is 251 cm³/mol. The van der Waals surface area contributed by atoms with Crippen molar-refractivity contribution in [1.82, 2.24) is 4.90 Å². The van der Waals surface area contributed by atoms with Gasteiger partial charge >= 0.3 is 5.97 Å². The van der Waals surface area contributed by atoms with Gasteiger partial charge in [0.25, 0.3) is 11.7 Å². The fourth-order valence-electron chi connectivity index (χ4n) is 10.4. The summed E-state index contributed by atoms with van der Waals surface area (Å²) < 4.78 is 30.7. The van der Waals surface area contributed by atoms with Gasteiger partial charge in [-0.05, 0) is 113 Å². The third-order valence-corrected chi connectivity index (χ3v) is 14.3. The van der Waals surface area contributed by atoms with Crippen molar-refractivity contribution in [1.29, 1.82) is 0 Å². The number of Topliss-reactive ketones (excluding diaryl/α,β-unsaturated/α-hetero) is 2. The minimum absolute atomic E-state index is 0.000715. The van der Waals surface area contributed by atoms with E-state index < -0.39 is 77.8 Å². The number of nitrogens with zero attached hydrogens (tertiary/aromatic N) is 1. The van der Waals surface area contributed by atoms with Crippen molar-refractivity contribution >= 4 is 29.5 Å². The number of nitrogens with two attached hydrogens (primary N) is 1. The summed E-state index contributed by atoms with van der Waals surface area (Å²) in [5.74, 6) is -7.65. The van der Waals surface area contributed by atoms with E-state index in [0.29, 0.717) is 57.1 Å². The van der Waals surface area contributed by atoms with E-state index in [1.165, 1.54) is 19.1 Å². The Morgan fingerprint density at radius 2 is 1.67 bits per heavy atom. The van der Waals surface area contributed by atoms with Crippen LogP contribution in [0, 0.1) is 29.6 Å². The molecule has 2 bridgehead atoms. The van der Waals surface area contributed by atoms with Crippen molar-refractivity contribution in [2.24, 2.45) is 35.3 Å². The van der Waals surface area contributed by atoms with Gasteiger partial charge in [0.15, 0.2) is 0 Å². The van der Waals surface area contributed by atoms with Crippen LogP contribution in [-0.2, 0) is 42.9 Å². The molecule has 1 aliphatic carbocycles. The number of aliphatic hydroxyl groups excluding tert-OH is 1. The van der Waals surface area contributed by atoms with E-state index in [2.05, 4.69) is 6.58 Å². The highest BCUT2D eigenvalue weighted by atomic mass is 16.7. The zero-order valence-electron chi connectivity index (χ0n) is 40.1. The normalized spacial score (nSPS) is 37.1. The first-order valence-electron chi connectivity index (χ1n) is 23.9. The van der Waals surface area contributed by atoms with Gasteiger partial charge in [-0.25, -0.2) is 4.79 Å². The first kappa shape index (κ1) is 52.9. The molecular weight excluding hydrogens is 845 g/mol. The lowest BCUT2D eigenvalue weighted by molar-refractivity contribution is -0.302. The van der Waals surface area contributed by atoms with Crippen molar-refractivity contribution in [2.45, 2.75) is 160 Å². The molecule has 5 N–H and O–H groups in total. The largest absolute Gasteiger partial charge is 0.508 e. The van der Waals surface area contributed by atoms with Crippen LogP contribution >= 0.6 is 0 Å². The molecule has 0 radical (unpaired) electrons. The lowest BCUT2D eigenvalue weighted by Crippen LogP contribution is -2.64. The Labute approximate surface area is 391 Å². The molecule has 0 aromatic heterocycles. The van der Waals surface area contributed by atoms with Crippen molar-refractivity contribution in [3.63, 3.8) is 0 Å². The lowest BCUT2D eigenvalue weighted by atomic mass is 9.81. The van der Waals surface area contributed by atoms with Crippen LogP contribution in [-0.4, -0.2) is 126 Å². The van der Waals surface area contributed by atoms with Gasteiger partial charge in [-0.3, -0.25) is 14.4 Å². The van der Waals surface area contributed by atoms with Crippen LogP contribution in [0.15, 0.2) is 66.3 Å². The summed E-state index contributed by atoms with van der Waals surface area (Å²) in [4.78, 5) is 58.5. The monoisotopic (exact) mass is 921 g/mol. The number of piperidine rings is 1. The molecule has 4 aliphatic rings. The Balaban J connectivity index is 1.47. The summed E-state index contributed by atoms with van der Waals surface area (Å²) in [5, 5.41) is 33.6. The SMILES string of the molecule is C=CCC1/C=C(\C)CC(C)CC(OC)C2OC(O)(C(=O)C(=O)N3CCCCC3C(=O)OC(C(C)=CC3CCC(N)C(OCC=Cc4ccc(O)cc4)C3)C(C)C(O)CC1=O)C(C)CC2OC. The standard InChI is InChI=1S/C52H76N2O12/c1-9-13-38-25-31(2)24-32(3)26-45(62-7)48-46(63-8)28-34(5)52(61,66-48)49(58)50(59)54-22-11-10-15-41(54)51(60)65-47(35(6)42(56)30-43(38)57)33(4)27-37-18-21-40(53)44(29-37)64-23-12-14-36-16-19-39(55)20-17-36/h9,12,14,16-17,19-20,25,27,32,34-35,37-38,40-42,44-48,55-56,61H,1,10-11,13,15,18,21-24,26,28-30,53H2,2-8H3/b14-12?,31-25+,33-27?. The van der Waals surface area contributed by atoms with Gasteiger partial charge in [0, 0.05) is 51.0 Å². The zero-order valence-corrected chi connectivity index (χ0v) is 40.1. The molecule has 3 aliphatic heterocycles. The highest BCUT2D eigenvalue weighted by molar-refractivity contribution is 6.39. The smallest absolute Gasteiger partial charge is 0.329 e. The summed E-state index contributed by atoms with van der Waals surface area (Å²) >= 11 is 0. The van der Waals surface area contributed by atoms with Crippen molar-refractivity contribution in [2.75, 3.05) is 27.4 Å². The van der Waals surface area contributed by atoms with Gasteiger partial charge in [-0.15, -0.1) is 6.58 Å². The van der Waals surface area contributed by atoms with Gasteiger partial charge in [-0.2, -0.15) is 0 Å². The highest BCUT2D eigenvalue weighted by Crippen LogP contribution is 2.39. The number of rotatable bonds is 10. The molecule has 1 amide bonds. The maximum Gasteiger partial charge on any atom is 0.329 e. The number of benzene rings is 1. The molecule has 14 nitrogen and oxygen atoms in total. The zero-order chi connectivity index (χ0) is 48.3. The van der Waals surface area contributed by atoms with Crippen LogP contribution in [0.25, 0.3) is 6.08 Å². The number of fused-ring (bicyclic) bond motifs is 3. The molecule has 66 heavy (non-hydrogen) atoms. The number of ketones is 2. The Kier molecular flexibility index (Phi) is 19.5. The number of allylic oxidation sites excluding steroid dienone is 4. The Morgan fingerprint density at radius 3 is 2.35 bits per heavy atom. The van der Waals surface area contributed by atoms with E-state index in [1.54, 1.807) is 32.1 Å². The number of aromatic hydroxyl groups is 1. The summed E-state index contributed by atoms with van der Waals surface area (Å²) in [6, 6.07) is 5.51. The number of phenolic OH excluding ortho intramolecular Hbond substituents is 1. The fourth-order valence-corrected chi connectivity index (χ4v) is 10.4. The van der Waals surface area contributed by atoms with E-state index in [9.17, 15) is 34.5 Å². The number of hydrogen-bond donors (Lipinski definition) is 4. The molecule has 1 aromatic rings. The molecule has 14 atom stereocenters. The first-order valence-corrected chi connectivity index (χ1v) is 23.9. The third kappa shape index (κ3) is 13.4. The van der Waals surface area contributed by atoms with Crippen LogP contribution in [0.2, 0.25) is 0 Å². The Morgan fingerprint density at radius 1 is 0.970 bits per heavy atom. The average molecular weight is 921 g/mol. The second kappa shape index (κ2) is 24.3. The number of aliphatic hydroxyl groups is 2. The van der Waals surface area contributed by atoms with Crippen LogP contribution in [0.1, 0.15) is 111 Å². The molecule has 366 valence electrons. The summed E-state index contributed by atoms with van der Waals surface area (Å²) in [5.41, 5.74) is 9.08. The van der Waals surface area contributed by atoms with Crippen LogP contribution in [0.3, 0.4) is 0 Å². The number of hydrogen-bond acceptors (Lipinski definition) is 13. The number of amides is 1. The summed E-state index contributed by atoms with van der Waals surface area (Å²) in [6.45, 7) is 13.5. The molecule has 1 aromatic carbocycles. The second-order valence-electron chi connectivity index (χ2n) is 19.5. The van der Waals surface area contributed by atoms with E-state index in [4.69, 9.17) is 29.4 Å². The number of carbonyl (C=O) groups is 4. The number of ether oxygens (including phenoxy) is 5. The molecule has 14 heteroatoms. The van der Waals surface area contributed by atoms with E-state index in [-0.39, 0.29) is 61.3 Å². The van der Waals surface area contributed by atoms with Crippen molar-refractivity contribution < 1.29 is 58.2 Å². The van der Waals surface area contributed by atoms with E-state index in [1.807, 2.05) is 57.2 Å². The molecule has 0 spiro atoms. The van der Waals surface area contributed by atoms with Gasteiger partial charge < -0.3 is 49.6 Å². The fraction of sp³-hybridized carbons (Fsp3) is 0.654. The number of phenols is 1. The molecule has 5 rings (SSSR count). The maximum atomic E-state index is 14.5. The lowest BCUT2D eigenvalue weighted by Gasteiger charge is -2.47. The van der Waals surface area contributed by atoms with Crippen LogP contribution in [0.4, 0.5) is 0 Å². The number of esters is 1. The van der Waals surface area contributed by atoms with Gasteiger partial charge in [0.2, 0.25) is 5.79 Å². The van der Waals surface area contributed by atoms with Gasteiger partial charge in [0.05, 0.1) is 31.0 Å². The molecule has 3 heterocycles. The molecule has 1 saturated carbocycles. The third-order valence-electron chi connectivity index (χ3n) is 14.3. The predicted octanol–water partition coefficient (Wildman–Crippen LogP) is 6.39. The topological polar surface area (TPSA) is 204 Å². The maximum absolute atomic E-state index is 14.5. The second-order valence-corrected chi connectivity index (χ2v) is 19.5. The molecule has 2 saturated heterocycles. The van der Waals surface area contributed by atoms with Crippen LogP contribution in [0.5, 0.6) is 5.75 Å². The summed E-state index contributed by atoms with van der Waals surface area (Å²) in [6.07, 6.45) is 9.65. The number of methoxy groups -OCH3 is 2. The van der Waals surface area contributed by atoms with E-state index in [0.717, 1.165) is 17.6 Å². The van der Waals surface area contributed by atoms with Crippen molar-refractivity contribution in [3.05, 3.63) is 71.9 Å². The molecular formula is C52H76N2O12. The highest BCUT2D eigenvalue weighted by Gasteiger charge is 2.56. The first-order chi connectivity index (χ1) is 31.4. The average Bonchev–Trinajstić information content (AvgIpc) is 3.29. The van der Waals surface area contributed by atoms with Crippen molar-refractivity contribution in [3.8, 4) is 5.75 Å². The Hall–Kier alpha value is -4.02. The minimum Gasteiger partial charge on any atom is -0.508 e.